The molecule has 2 aromatic carbocycles. The van der Waals surface area contributed by atoms with E-state index in [1.54, 1.807) is 27.7 Å². The quantitative estimate of drug-likeness (QED) is 0.217. The fourth-order valence-corrected chi connectivity index (χ4v) is 4.41. The van der Waals surface area contributed by atoms with Crippen molar-refractivity contribution in [1.82, 2.24) is 0 Å². The normalized spacial score (nSPS) is 14.0. The summed E-state index contributed by atoms with van der Waals surface area (Å²) < 4.78 is 17.4. The highest BCUT2D eigenvalue weighted by molar-refractivity contribution is 6.74. The van der Waals surface area contributed by atoms with Crippen LogP contribution in [0.25, 0.3) is 11.1 Å². The van der Waals surface area contributed by atoms with E-state index in [9.17, 15) is 14.4 Å². The standard InChI is InChI=1S/C29H40O6Si/c1-10-33-26(31)23(30)25(34-27(32)28(2,3)4)24(35-36(8,9)29(5,6)7)22-18-16-21(17-19-22)20-14-12-11-13-15-20/h11-19,24-25H,10H2,1-9H3/t24-,25?/m0/s1. The van der Waals surface area contributed by atoms with Crippen LogP contribution in [0.4, 0.5) is 0 Å². The van der Waals surface area contributed by atoms with Gasteiger partial charge in [0, 0.05) is 0 Å². The molecule has 0 fully saturated rings. The van der Waals surface area contributed by atoms with Crippen LogP contribution in [0.5, 0.6) is 0 Å². The molecule has 1 unspecified atom stereocenters. The van der Waals surface area contributed by atoms with Gasteiger partial charge < -0.3 is 13.9 Å². The Kier molecular flexibility index (Phi) is 9.43. The van der Waals surface area contributed by atoms with Crippen LogP contribution in [-0.2, 0) is 28.3 Å². The summed E-state index contributed by atoms with van der Waals surface area (Å²) in [5, 5.41) is -0.194. The van der Waals surface area contributed by atoms with Crippen molar-refractivity contribution < 1.29 is 28.3 Å². The molecule has 0 saturated heterocycles. The van der Waals surface area contributed by atoms with E-state index in [0.717, 1.165) is 11.1 Å². The summed E-state index contributed by atoms with van der Waals surface area (Å²) in [5.74, 6) is -2.59. The Morgan fingerprint density at radius 3 is 1.83 bits per heavy atom. The highest BCUT2D eigenvalue weighted by Crippen LogP contribution is 2.41. The maximum Gasteiger partial charge on any atom is 0.378 e. The second-order valence-corrected chi connectivity index (χ2v) is 16.2. The van der Waals surface area contributed by atoms with Crippen LogP contribution in [0.3, 0.4) is 0 Å². The molecule has 0 N–H and O–H groups in total. The minimum atomic E-state index is -2.48. The first kappa shape index (κ1) is 29.5. The predicted molar refractivity (Wildman–Crippen MR) is 144 cm³/mol. The Bertz CT molecular complexity index is 1050. The number of hydrogen-bond acceptors (Lipinski definition) is 6. The van der Waals surface area contributed by atoms with Crippen LogP contribution in [0.15, 0.2) is 54.6 Å². The van der Waals surface area contributed by atoms with Crippen molar-refractivity contribution in [2.24, 2.45) is 5.41 Å². The Labute approximate surface area is 216 Å². The number of ketones is 1. The van der Waals surface area contributed by atoms with E-state index in [-0.39, 0.29) is 11.6 Å². The molecule has 0 aliphatic carbocycles. The third kappa shape index (κ3) is 7.37. The molecular weight excluding hydrogens is 472 g/mol. The van der Waals surface area contributed by atoms with Crippen LogP contribution in [0.2, 0.25) is 18.1 Å². The summed E-state index contributed by atoms with van der Waals surface area (Å²) in [5.41, 5.74) is 1.80. The van der Waals surface area contributed by atoms with Gasteiger partial charge >= 0.3 is 11.9 Å². The molecule has 0 aromatic heterocycles. The average Bonchev–Trinajstić information content (AvgIpc) is 2.80. The van der Waals surface area contributed by atoms with E-state index in [1.165, 1.54) is 0 Å². The predicted octanol–water partition coefficient (Wildman–Crippen LogP) is 6.51. The molecule has 0 aliphatic rings. The first-order valence-electron chi connectivity index (χ1n) is 12.3. The van der Waals surface area contributed by atoms with Gasteiger partial charge in [0.25, 0.3) is 5.78 Å². The monoisotopic (exact) mass is 512 g/mol. The summed E-state index contributed by atoms with van der Waals surface area (Å²) in [4.78, 5) is 38.8. The van der Waals surface area contributed by atoms with Gasteiger partial charge in [0.05, 0.1) is 12.0 Å². The first-order chi connectivity index (χ1) is 16.6. The summed E-state index contributed by atoms with van der Waals surface area (Å²) in [6.45, 7) is 17.1. The van der Waals surface area contributed by atoms with E-state index < -0.39 is 43.7 Å². The van der Waals surface area contributed by atoms with Gasteiger partial charge in [-0.2, -0.15) is 0 Å². The second-order valence-electron chi connectivity index (χ2n) is 11.4. The molecule has 0 radical (unpaired) electrons. The largest absolute Gasteiger partial charge is 0.460 e. The molecule has 0 amide bonds. The van der Waals surface area contributed by atoms with Crippen molar-refractivity contribution in [3.63, 3.8) is 0 Å². The topological polar surface area (TPSA) is 78.9 Å². The number of ether oxygens (including phenoxy) is 2. The number of benzene rings is 2. The number of hydrogen-bond donors (Lipinski definition) is 0. The van der Waals surface area contributed by atoms with Gasteiger partial charge in [-0.25, -0.2) is 4.79 Å². The fraction of sp³-hybridized carbons (Fsp3) is 0.483. The molecule has 0 heterocycles. The van der Waals surface area contributed by atoms with Gasteiger partial charge in [0.15, 0.2) is 8.32 Å². The maximum absolute atomic E-state index is 13.3. The lowest BCUT2D eigenvalue weighted by Gasteiger charge is -2.41. The van der Waals surface area contributed by atoms with Crippen molar-refractivity contribution >= 4 is 26.0 Å². The lowest BCUT2D eigenvalue weighted by Crippen LogP contribution is -2.48. The molecule has 6 nitrogen and oxygen atoms in total. The highest BCUT2D eigenvalue weighted by Gasteiger charge is 2.46. The highest BCUT2D eigenvalue weighted by atomic mass is 28.4. The van der Waals surface area contributed by atoms with Crippen LogP contribution in [0, 0.1) is 5.41 Å². The molecular formula is C29H40O6Si. The Balaban J connectivity index is 2.61. The number of esters is 2. The Morgan fingerprint density at radius 1 is 0.833 bits per heavy atom. The molecule has 2 atom stereocenters. The van der Waals surface area contributed by atoms with E-state index in [4.69, 9.17) is 13.9 Å². The molecule has 7 heteroatoms. The zero-order valence-corrected chi connectivity index (χ0v) is 24.0. The van der Waals surface area contributed by atoms with Gasteiger partial charge in [-0.15, -0.1) is 0 Å². The summed E-state index contributed by atoms with van der Waals surface area (Å²) in [7, 11) is -2.48. The lowest BCUT2D eigenvalue weighted by molar-refractivity contribution is -0.174. The molecule has 2 rings (SSSR count). The molecule has 0 bridgehead atoms. The van der Waals surface area contributed by atoms with Crippen molar-refractivity contribution in [2.45, 2.75) is 78.8 Å². The minimum Gasteiger partial charge on any atom is -0.460 e. The molecule has 0 spiro atoms. The lowest BCUT2D eigenvalue weighted by atomic mass is 9.95. The molecule has 0 aliphatic heterocycles. The van der Waals surface area contributed by atoms with Crippen LogP contribution in [-0.4, -0.2) is 38.8 Å². The van der Waals surface area contributed by atoms with E-state index in [2.05, 4.69) is 33.9 Å². The van der Waals surface area contributed by atoms with E-state index >= 15 is 0 Å². The SMILES string of the molecule is CCOC(=O)C(=O)C(OC(=O)C(C)(C)C)[C@@H](O[Si](C)(C)C(C)(C)C)c1ccc(-c2ccccc2)cc1. The second kappa shape index (κ2) is 11.5. The van der Waals surface area contributed by atoms with E-state index in [0.29, 0.717) is 5.56 Å². The summed E-state index contributed by atoms with van der Waals surface area (Å²) >= 11 is 0. The van der Waals surface area contributed by atoms with Crippen LogP contribution in [0.1, 0.15) is 60.1 Å². The van der Waals surface area contributed by atoms with Gasteiger partial charge in [0.2, 0.25) is 6.10 Å². The fourth-order valence-electron chi connectivity index (χ4n) is 3.16. The molecule has 196 valence electrons. The van der Waals surface area contributed by atoms with Gasteiger partial charge in [0.1, 0.15) is 6.10 Å². The van der Waals surface area contributed by atoms with Crippen LogP contribution >= 0.6 is 0 Å². The number of Topliss-reactive ketones (excluding diaryl/α,β-unsaturated/α-hetero) is 1. The number of rotatable bonds is 9. The first-order valence-corrected chi connectivity index (χ1v) is 15.2. The number of carbonyl (C=O) groups is 3. The van der Waals surface area contributed by atoms with E-state index in [1.807, 2.05) is 54.6 Å². The third-order valence-electron chi connectivity index (χ3n) is 6.43. The molecule has 36 heavy (non-hydrogen) atoms. The van der Waals surface area contributed by atoms with Crippen molar-refractivity contribution in [3.8, 4) is 11.1 Å². The Morgan fingerprint density at radius 2 is 1.36 bits per heavy atom. The summed E-state index contributed by atoms with van der Waals surface area (Å²) in [6, 6.07) is 17.5. The maximum atomic E-state index is 13.3. The Hall–Kier alpha value is -2.77. The van der Waals surface area contributed by atoms with Gasteiger partial charge in [-0.3, -0.25) is 9.59 Å². The van der Waals surface area contributed by atoms with Crippen molar-refractivity contribution in [2.75, 3.05) is 6.61 Å². The molecule has 2 aromatic rings. The smallest absolute Gasteiger partial charge is 0.378 e. The van der Waals surface area contributed by atoms with Crippen molar-refractivity contribution in [1.29, 1.82) is 0 Å². The zero-order chi connectivity index (χ0) is 27.3. The van der Waals surface area contributed by atoms with Gasteiger partial charge in [-0.1, -0.05) is 75.4 Å². The van der Waals surface area contributed by atoms with Gasteiger partial charge in [-0.05, 0) is 62.5 Å². The number of carbonyl (C=O) groups excluding carboxylic acids is 3. The van der Waals surface area contributed by atoms with Crippen molar-refractivity contribution in [3.05, 3.63) is 60.2 Å². The zero-order valence-electron chi connectivity index (χ0n) is 23.0. The average molecular weight is 513 g/mol. The summed E-state index contributed by atoms with van der Waals surface area (Å²) in [6.07, 6.45) is -2.45. The minimum absolute atomic E-state index is 0.0318. The van der Waals surface area contributed by atoms with Crippen LogP contribution < -0.4 is 0 Å². The third-order valence-corrected chi connectivity index (χ3v) is 10.9. The molecule has 0 saturated carbocycles.